The molecule has 0 aliphatic carbocycles. The molecule has 7 rings (SSSR count). The summed E-state index contributed by atoms with van der Waals surface area (Å²) in [6.45, 7) is 0.203. The molecule has 12 heteroatoms. The van der Waals surface area contributed by atoms with E-state index in [0.717, 1.165) is 33.8 Å². The zero-order chi connectivity index (χ0) is 34.4. The average molecular weight is 670 g/mol. The van der Waals surface area contributed by atoms with E-state index in [9.17, 15) is 10.1 Å². The Balaban J connectivity index is 1.25. The van der Waals surface area contributed by atoms with Gasteiger partial charge in [0, 0.05) is 23.7 Å². The Hall–Kier alpha value is -5.12. The maximum Gasteiger partial charge on any atom is 0.330 e. The van der Waals surface area contributed by atoms with Crippen LogP contribution < -0.4 is 33.2 Å². The number of carbonyl (C=O) groups is 1. The Kier molecular flexibility index (Phi) is 8.64. The van der Waals surface area contributed by atoms with Gasteiger partial charge in [-0.1, -0.05) is 0 Å². The van der Waals surface area contributed by atoms with Crippen molar-refractivity contribution >= 4 is 12.0 Å². The highest BCUT2D eigenvalue weighted by Gasteiger charge is 2.55. The molecule has 1 saturated heterocycles. The molecular weight excluding hydrogens is 630 g/mol. The molecule has 0 amide bonds. The Morgan fingerprint density at radius 1 is 0.857 bits per heavy atom. The van der Waals surface area contributed by atoms with Crippen LogP contribution >= 0.6 is 0 Å². The van der Waals surface area contributed by atoms with Crippen LogP contribution in [0.25, 0.3) is 6.08 Å². The third kappa shape index (κ3) is 5.34. The lowest BCUT2D eigenvalue weighted by Gasteiger charge is -2.59. The molecule has 0 spiro atoms. The van der Waals surface area contributed by atoms with Crippen LogP contribution in [-0.4, -0.2) is 89.9 Å². The molecule has 2 bridgehead atoms. The maximum absolute atomic E-state index is 13.3. The highest BCUT2D eigenvalue weighted by atomic mass is 16.7. The van der Waals surface area contributed by atoms with Crippen molar-refractivity contribution in [3.8, 4) is 46.3 Å². The van der Waals surface area contributed by atoms with Crippen LogP contribution in [0.2, 0.25) is 0 Å². The second-order valence-electron chi connectivity index (χ2n) is 12.4. The summed E-state index contributed by atoms with van der Waals surface area (Å²) in [7, 11) is 9.90. The lowest BCUT2D eigenvalue weighted by Crippen LogP contribution is -2.68. The van der Waals surface area contributed by atoms with Gasteiger partial charge in [-0.2, -0.15) is 5.26 Å². The standard InChI is InChI=1S/C37H39N3O9/c1-39-25-11-22-14-32-33(49-19-48-32)16-24(22)35(39)26-12-21-13-30(43-3)31(44-4)15-23(21)28(40(26)27(25)17-38)18-47-34(41)10-8-20-7-9-29(42-2)37(46-6)36(20)45-5/h7-10,13-16,25-28,35H,11-12,18-19H2,1-6H3/b10-8+/t25-,26-,27-,28-,35+/m0/s1. The molecule has 3 aromatic carbocycles. The summed E-state index contributed by atoms with van der Waals surface area (Å²) in [5.41, 5.74) is 4.91. The fourth-order valence-electron chi connectivity index (χ4n) is 8.03. The Morgan fingerprint density at radius 3 is 2.22 bits per heavy atom. The fraction of sp³-hybridized carbons (Fsp3) is 0.405. The van der Waals surface area contributed by atoms with Gasteiger partial charge in [0.2, 0.25) is 12.5 Å². The van der Waals surface area contributed by atoms with E-state index in [1.165, 1.54) is 20.3 Å². The van der Waals surface area contributed by atoms with Gasteiger partial charge < -0.3 is 37.9 Å². The van der Waals surface area contributed by atoms with E-state index in [0.29, 0.717) is 47.2 Å². The first kappa shape index (κ1) is 32.4. The molecule has 3 aromatic rings. The molecule has 0 radical (unpaired) electrons. The van der Waals surface area contributed by atoms with Crippen LogP contribution in [0.3, 0.4) is 0 Å². The SMILES string of the molecule is COc1cc2c(cc1OC)[C@H](COC(=O)/C=C/c1ccc(OC)c(OC)c1OC)N1[C@@H](C#N)[C@@H]3Cc4cc5c(cc4[C@H]([C@@H]1C2)N3C)OCO5. The zero-order valence-electron chi connectivity index (χ0n) is 28.3. The molecular formula is C37H39N3O9. The predicted molar refractivity (Wildman–Crippen MR) is 178 cm³/mol. The van der Waals surface area contributed by atoms with Crippen molar-refractivity contribution in [3.63, 3.8) is 0 Å². The number of likely N-dealkylation sites (N-methyl/N-ethyl adjacent to an activating group) is 1. The highest BCUT2D eigenvalue weighted by Crippen LogP contribution is 2.52. The van der Waals surface area contributed by atoms with E-state index in [1.807, 2.05) is 12.1 Å². The number of esters is 1. The molecule has 0 unspecified atom stereocenters. The van der Waals surface area contributed by atoms with Gasteiger partial charge in [0.15, 0.2) is 34.5 Å². The molecule has 4 aliphatic rings. The first-order chi connectivity index (χ1) is 23.8. The van der Waals surface area contributed by atoms with Crippen LogP contribution in [0.1, 0.15) is 39.9 Å². The summed E-state index contributed by atoms with van der Waals surface area (Å²) in [5.74, 6) is 3.46. The number of hydrogen-bond donors (Lipinski definition) is 0. The van der Waals surface area contributed by atoms with Gasteiger partial charge in [-0.15, -0.1) is 0 Å². The number of ether oxygens (including phenoxy) is 8. The Bertz CT molecular complexity index is 1850. The van der Waals surface area contributed by atoms with Crippen molar-refractivity contribution in [3.05, 3.63) is 70.3 Å². The third-order valence-corrected chi connectivity index (χ3v) is 10.2. The summed E-state index contributed by atoms with van der Waals surface area (Å²) in [4.78, 5) is 17.9. The Labute approximate surface area is 285 Å². The quantitative estimate of drug-likeness (QED) is 0.236. The number of fused-ring (bicyclic) bond motifs is 8. The number of piperazine rings is 1. The predicted octanol–water partition coefficient (Wildman–Crippen LogP) is 4.49. The molecule has 256 valence electrons. The number of methoxy groups -OCH3 is 5. The van der Waals surface area contributed by atoms with Crippen LogP contribution in [0.15, 0.2) is 42.5 Å². The summed E-state index contributed by atoms with van der Waals surface area (Å²) in [6.07, 6.45) is 4.29. The van der Waals surface area contributed by atoms with E-state index in [2.05, 4.69) is 35.0 Å². The number of benzene rings is 3. The van der Waals surface area contributed by atoms with Crippen molar-refractivity contribution in [2.24, 2.45) is 0 Å². The molecule has 4 heterocycles. The van der Waals surface area contributed by atoms with Gasteiger partial charge in [-0.25, -0.2) is 4.79 Å². The van der Waals surface area contributed by atoms with E-state index in [4.69, 9.17) is 37.9 Å². The summed E-state index contributed by atoms with van der Waals surface area (Å²) < 4.78 is 45.3. The zero-order valence-corrected chi connectivity index (χ0v) is 28.3. The second-order valence-corrected chi connectivity index (χ2v) is 12.4. The summed E-state index contributed by atoms with van der Waals surface area (Å²) >= 11 is 0. The van der Waals surface area contributed by atoms with Crippen LogP contribution in [0, 0.1) is 11.3 Å². The van der Waals surface area contributed by atoms with Gasteiger partial charge >= 0.3 is 5.97 Å². The van der Waals surface area contributed by atoms with Gasteiger partial charge in [0.1, 0.15) is 12.6 Å². The fourth-order valence-corrected chi connectivity index (χ4v) is 8.03. The first-order valence-corrected chi connectivity index (χ1v) is 16.1. The van der Waals surface area contributed by atoms with E-state index < -0.39 is 18.1 Å². The number of nitriles is 1. The summed E-state index contributed by atoms with van der Waals surface area (Å²) in [6, 6.07) is 13.1. The monoisotopic (exact) mass is 669 g/mol. The van der Waals surface area contributed by atoms with Gasteiger partial charge in [-0.3, -0.25) is 9.80 Å². The van der Waals surface area contributed by atoms with Crippen molar-refractivity contribution in [1.29, 1.82) is 5.26 Å². The molecule has 49 heavy (non-hydrogen) atoms. The largest absolute Gasteiger partial charge is 0.493 e. The molecule has 0 N–H and O–H groups in total. The van der Waals surface area contributed by atoms with E-state index in [1.54, 1.807) is 39.5 Å². The maximum atomic E-state index is 13.3. The summed E-state index contributed by atoms with van der Waals surface area (Å²) in [5, 5.41) is 10.8. The van der Waals surface area contributed by atoms with Crippen LogP contribution in [0.5, 0.6) is 40.2 Å². The normalized spacial score (nSPS) is 23.5. The first-order valence-electron chi connectivity index (χ1n) is 16.1. The molecule has 5 atom stereocenters. The second kappa shape index (κ2) is 13.1. The molecule has 12 nitrogen and oxygen atoms in total. The van der Waals surface area contributed by atoms with E-state index >= 15 is 0 Å². The van der Waals surface area contributed by atoms with Crippen LogP contribution in [-0.2, 0) is 22.4 Å². The van der Waals surface area contributed by atoms with Gasteiger partial charge in [0.25, 0.3) is 0 Å². The number of rotatable bonds is 9. The minimum Gasteiger partial charge on any atom is -0.493 e. The Morgan fingerprint density at radius 2 is 1.53 bits per heavy atom. The molecule has 4 aliphatic heterocycles. The van der Waals surface area contributed by atoms with Crippen molar-refractivity contribution in [1.82, 2.24) is 9.80 Å². The van der Waals surface area contributed by atoms with Crippen molar-refractivity contribution in [2.75, 3.05) is 56.0 Å². The minimum absolute atomic E-state index is 0.0144. The topological polar surface area (TPSA) is 121 Å². The van der Waals surface area contributed by atoms with Crippen LogP contribution in [0.4, 0.5) is 0 Å². The molecule has 1 fully saturated rings. The molecule has 0 aromatic heterocycles. The number of hydrogen-bond acceptors (Lipinski definition) is 12. The van der Waals surface area contributed by atoms with E-state index in [-0.39, 0.29) is 31.5 Å². The third-order valence-electron chi connectivity index (χ3n) is 10.2. The van der Waals surface area contributed by atoms with Gasteiger partial charge in [-0.05, 0) is 84.6 Å². The lowest BCUT2D eigenvalue weighted by molar-refractivity contribution is -0.143. The van der Waals surface area contributed by atoms with Crippen molar-refractivity contribution < 1.29 is 42.7 Å². The number of nitrogens with zero attached hydrogens (tertiary/aromatic N) is 3. The number of carbonyl (C=O) groups excluding carboxylic acids is 1. The average Bonchev–Trinajstić information content (AvgIpc) is 3.58. The highest BCUT2D eigenvalue weighted by molar-refractivity contribution is 5.88. The molecule has 0 saturated carbocycles. The minimum atomic E-state index is -0.540. The van der Waals surface area contributed by atoms with Crippen molar-refractivity contribution in [2.45, 2.75) is 43.1 Å². The smallest absolute Gasteiger partial charge is 0.330 e. The van der Waals surface area contributed by atoms with Gasteiger partial charge in [0.05, 0.1) is 53.7 Å². The lowest BCUT2D eigenvalue weighted by atomic mass is 9.73.